The largest absolute Gasteiger partial charge is 0.416 e. The summed E-state index contributed by atoms with van der Waals surface area (Å²) in [6, 6.07) is 7.49. The van der Waals surface area contributed by atoms with E-state index in [9.17, 15) is 13.2 Å². The van der Waals surface area contributed by atoms with Crippen LogP contribution in [0.1, 0.15) is 55.2 Å². The summed E-state index contributed by atoms with van der Waals surface area (Å²) >= 11 is 0. The van der Waals surface area contributed by atoms with Gasteiger partial charge in [0, 0.05) is 38.3 Å². The average molecular weight is 438 g/mol. The first kappa shape index (κ1) is 23.1. The second kappa shape index (κ2) is 9.72. The number of aromatic nitrogens is 1. The molecule has 1 aromatic carbocycles. The molecule has 0 radical (unpaired) electrons. The van der Waals surface area contributed by atoms with E-state index in [4.69, 9.17) is 9.26 Å². The lowest BCUT2D eigenvalue weighted by Crippen LogP contribution is -2.48. The van der Waals surface area contributed by atoms with Gasteiger partial charge in [0.25, 0.3) is 0 Å². The summed E-state index contributed by atoms with van der Waals surface area (Å²) in [7, 11) is 1.65. The van der Waals surface area contributed by atoms with E-state index in [1.54, 1.807) is 13.1 Å². The van der Waals surface area contributed by atoms with Crippen LogP contribution in [0.15, 0.2) is 39.8 Å². The quantitative estimate of drug-likeness (QED) is 0.522. The van der Waals surface area contributed by atoms with Gasteiger partial charge in [0.15, 0.2) is 11.7 Å². The van der Waals surface area contributed by atoms with Gasteiger partial charge in [-0.1, -0.05) is 37.2 Å². The van der Waals surface area contributed by atoms with Crippen LogP contribution in [0, 0.1) is 0 Å². The van der Waals surface area contributed by atoms with Crippen LogP contribution in [-0.2, 0) is 22.9 Å². The van der Waals surface area contributed by atoms with Gasteiger partial charge in [0.2, 0.25) is 0 Å². The molecule has 170 valence electrons. The van der Waals surface area contributed by atoms with Crippen molar-refractivity contribution in [3.8, 4) is 0 Å². The van der Waals surface area contributed by atoms with Crippen molar-refractivity contribution in [3.05, 3.63) is 52.9 Å². The molecule has 2 heterocycles. The average Bonchev–Trinajstić information content (AvgIpc) is 3.23. The van der Waals surface area contributed by atoms with Crippen LogP contribution in [0.4, 0.5) is 13.2 Å². The normalized spacial score (nSPS) is 17.1. The van der Waals surface area contributed by atoms with Crippen LogP contribution < -0.4 is 10.6 Å². The Labute approximate surface area is 180 Å². The van der Waals surface area contributed by atoms with E-state index in [0.29, 0.717) is 56.4 Å². The Kier molecular flexibility index (Phi) is 7.25. The fourth-order valence-corrected chi connectivity index (χ4v) is 3.68. The van der Waals surface area contributed by atoms with Gasteiger partial charge in [0.05, 0.1) is 17.8 Å². The molecule has 31 heavy (non-hydrogen) atoms. The summed E-state index contributed by atoms with van der Waals surface area (Å²) in [6.07, 6.45) is -3.13. The first-order valence-electron chi connectivity index (χ1n) is 10.4. The van der Waals surface area contributed by atoms with Crippen LogP contribution in [0.3, 0.4) is 0 Å². The maximum Gasteiger partial charge on any atom is 0.416 e. The number of guanidine groups is 1. The van der Waals surface area contributed by atoms with Crippen molar-refractivity contribution in [2.75, 3.05) is 26.8 Å². The second-order valence-electron chi connectivity index (χ2n) is 8.12. The number of aliphatic imine (C=N–C) groups is 1. The summed E-state index contributed by atoms with van der Waals surface area (Å²) < 4.78 is 50.6. The topological polar surface area (TPSA) is 71.7 Å². The molecule has 9 heteroatoms. The highest BCUT2D eigenvalue weighted by Crippen LogP contribution is 2.37. The molecule has 2 N–H and O–H groups in total. The Hall–Kier alpha value is -2.55. The molecule has 3 rings (SSSR count). The Morgan fingerprint density at radius 1 is 1.19 bits per heavy atom. The van der Waals surface area contributed by atoms with Crippen molar-refractivity contribution < 1.29 is 22.4 Å². The minimum absolute atomic E-state index is 0.274. The molecular weight excluding hydrogens is 409 g/mol. The third-order valence-corrected chi connectivity index (χ3v) is 5.67. The smallest absolute Gasteiger partial charge is 0.381 e. The van der Waals surface area contributed by atoms with E-state index in [0.717, 1.165) is 11.8 Å². The number of hydrogen-bond acceptors (Lipinski definition) is 4. The van der Waals surface area contributed by atoms with Gasteiger partial charge in [-0.2, -0.15) is 13.2 Å². The molecule has 0 unspecified atom stereocenters. The van der Waals surface area contributed by atoms with Gasteiger partial charge < -0.3 is 19.9 Å². The molecule has 0 atom stereocenters. The lowest BCUT2D eigenvalue weighted by Gasteiger charge is -2.38. The molecule has 0 spiro atoms. The van der Waals surface area contributed by atoms with Gasteiger partial charge in [-0.3, -0.25) is 4.99 Å². The first-order valence-corrected chi connectivity index (χ1v) is 10.4. The third kappa shape index (κ3) is 5.78. The molecule has 1 aromatic heterocycles. The predicted molar refractivity (Wildman–Crippen MR) is 112 cm³/mol. The standard InChI is InChI=1S/C22H29F3N4O2/c1-15(2)19-12-18(31-29-19)13-27-20(26-3)28-14-21(7-9-30-10-8-21)16-5-4-6-17(11-16)22(23,24)25/h4-6,11-12,15H,7-10,13-14H2,1-3H3,(H2,26,27,28). The van der Waals surface area contributed by atoms with Gasteiger partial charge in [-0.15, -0.1) is 0 Å². The van der Waals surface area contributed by atoms with Gasteiger partial charge in [-0.25, -0.2) is 0 Å². The van der Waals surface area contributed by atoms with Crippen molar-refractivity contribution >= 4 is 5.96 Å². The number of nitrogens with one attached hydrogen (secondary N) is 2. The van der Waals surface area contributed by atoms with Crippen molar-refractivity contribution in [2.45, 2.75) is 50.7 Å². The molecule has 1 saturated heterocycles. The minimum atomic E-state index is -4.38. The zero-order valence-corrected chi connectivity index (χ0v) is 18.1. The van der Waals surface area contributed by atoms with E-state index < -0.39 is 17.2 Å². The molecule has 2 aromatic rings. The van der Waals surface area contributed by atoms with Crippen LogP contribution in [0.2, 0.25) is 0 Å². The van der Waals surface area contributed by atoms with Crippen LogP contribution in [0.25, 0.3) is 0 Å². The maximum absolute atomic E-state index is 13.3. The summed E-state index contributed by atoms with van der Waals surface area (Å²) in [4.78, 5) is 4.23. The van der Waals surface area contributed by atoms with Crippen LogP contribution in [0.5, 0.6) is 0 Å². The number of nitrogens with zero attached hydrogens (tertiary/aromatic N) is 2. The Morgan fingerprint density at radius 3 is 2.55 bits per heavy atom. The Morgan fingerprint density at radius 2 is 1.94 bits per heavy atom. The number of ether oxygens (including phenoxy) is 1. The molecule has 0 saturated carbocycles. The zero-order valence-electron chi connectivity index (χ0n) is 18.1. The predicted octanol–water partition coefficient (Wildman–Crippen LogP) is 4.23. The highest BCUT2D eigenvalue weighted by molar-refractivity contribution is 5.79. The molecule has 0 amide bonds. The zero-order chi connectivity index (χ0) is 22.5. The molecule has 1 fully saturated rings. The fraction of sp³-hybridized carbons (Fsp3) is 0.545. The van der Waals surface area contributed by atoms with Crippen molar-refractivity contribution in [3.63, 3.8) is 0 Å². The second-order valence-corrected chi connectivity index (χ2v) is 8.12. The summed E-state index contributed by atoms with van der Waals surface area (Å²) in [5, 5.41) is 10.5. The molecule has 6 nitrogen and oxygen atoms in total. The summed E-state index contributed by atoms with van der Waals surface area (Å²) in [5.41, 5.74) is 0.425. The lowest BCUT2D eigenvalue weighted by molar-refractivity contribution is -0.137. The molecule has 0 bridgehead atoms. The van der Waals surface area contributed by atoms with Crippen molar-refractivity contribution in [1.29, 1.82) is 0 Å². The lowest BCUT2D eigenvalue weighted by atomic mass is 9.73. The van der Waals surface area contributed by atoms with Crippen LogP contribution >= 0.6 is 0 Å². The van der Waals surface area contributed by atoms with E-state index in [1.165, 1.54) is 12.1 Å². The number of alkyl halides is 3. The molecular formula is C22H29F3N4O2. The monoisotopic (exact) mass is 438 g/mol. The SMILES string of the molecule is CN=C(NCc1cc(C(C)C)no1)NCC1(c2cccc(C(F)(F)F)c2)CCOCC1. The molecule has 0 aliphatic carbocycles. The maximum atomic E-state index is 13.3. The summed E-state index contributed by atoms with van der Waals surface area (Å²) in [6.45, 7) is 5.91. The van der Waals surface area contributed by atoms with Crippen molar-refractivity contribution in [1.82, 2.24) is 15.8 Å². The number of rotatable bonds is 6. The molecule has 1 aliphatic heterocycles. The highest BCUT2D eigenvalue weighted by Gasteiger charge is 2.37. The first-order chi connectivity index (χ1) is 14.7. The number of benzene rings is 1. The fourth-order valence-electron chi connectivity index (χ4n) is 3.68. The third-order valence-electron chi connectivity index (χ3n) is 5.67. The highest BCUT2D eigenvalue weighted by atomic mass is 19.4. The Balaban J connectivity index is 1.70. The molecule has 1 aliphatic rings. The number of halogens is 3. The van der Waals surface area contributed by atoms with Gasteiger partial charge >= 0.3 is 6.18 Å². The van der Waals surface area contributed by atoms with E-state index in [1.807, 2.05) is 19.9 Å². The van der Waals surface area contributed by atoms with E-state index in [-0.39, 0.29) is 5.92 Å². The van der Waals surface area contributed by atoms with Gasteiger partial charge in [0.1, 0.15) is 0 Å². The Bertz CT molecular complexity index is 887. The van der Waals surface area contributed by atoms with Crippen LogP contribution in [-0.4, -0.2) is 37.9 Å². The van der Waals surface area contributed by atoms with Gasteiger partial charge in [-0.05, 0) is 30.4 Å². The van der Waals surface area contributed by atoms with E-state index >= 15 is 0 Å². The van der Waals surface area contributed by atoms with Crippen molar-refractivity contribution in [2.24, 2.45) is 4.99 Å². The minimum Gasteiger partial charge on any atom is -0.381 e. The van der Waals surface area contributed by atoms with E-state index in [2.05, 4.69) is 20.8 Å². The number of hydrogen-bond donors (Lipinski definition) is 2. The summed E-state index contributed by atoms with van der Waals surface area (Å²) in [5.74, 6) is 1.50.